The first-order chi connectivity index (χ1) is 16.1. The molecule has 6 rings (SSSR count). The lowest BCUT2D eigenvalue weighted by Crippen LogP contribution is -2.33. The largest absolute Gasteiger partial charge is 0.365 e. The van der Waals surface area contributed by atoms with Crippen molar-refractivity contribution in [1.82, 2.24) is 24.8 Å². The molecule has 0 bridgehead atoms. The summed E-state index contributed by atoms with van der Waals surface area (Å²) in [5.74, 6) is 6.80. The molecule has 4 aliphatic rings. The molecule has 1 unspecified atom stereocenters. The molecule has 0 radical (unpaired) electrons. The zero-order valence-corrected chi connectivity index (χ0v) is 19.3. The molecule has 3 saturated heterocycles. The SMILES string of the molecule is CC1(C)O[C@H]2[C@H](O1)[C@@H](C#CC1CCCCN1)O[C@H]2n1cnc2c(NC3CCCC3)ncnc21. The molecule has 2 aromatic heterocycles. The van der Waals surface area contributed by atoms with Crippen LogP contribution in [-0.4, -0.2) is 62.2 Å². The number of ether oxygens (including phenoxy) is 3. The van der Waals surface area contributed by atoms with Crippen LogP contribution in [0.15, 0.2) is 12.7 Å². The summed E-state index contributed by atoms with van der Waals surface area (Å²) in [7, 11) is 0. The number of nitrogens with one attached hydrogen (secondary N) is 2. The van der Waals surface area contributed by atoms with E-state index in [1.807, 2.05) is 18.4 Å². The van der Waals surface area contributed by atoms with Crippen molar-refractivity contribution in [2.45, 2.75) is 101 Å². The van der Waals surface area contributed by atoms with Gasteiger partial charge in [-0.2, -0.15) is 0 Å². The zero-order valence-electron chi connectivity index (χ0n) is 19.3. The third kappa shape index (κ3) is 4.10. The van der Waals surface area contributed by atoms with Gasteiger partial charge in [0.2, 0.25) is 0 Å². The van der Waals surface area contributed by atoms with Gasteiger partial charge in [0.1, 0.15) is 24.6 Å². The molecule has 0 aromatic carbocycles. The first-order valence-corrected chi connectivity index (χ1v) is 12.3. The Labute approximate surface area is 194 Å². The van der Waals surface area contributed by atoms with E-state index >= 15 is 0 Å². The summed E-state index contributed by atoms with van der Waals surface area (Å²) in [4.78, 5) is 13.7. The molecule has 33 heavy (non-hydrogen) atoms. The van der Waals surface area contributed by atoms with Crippen molar-refractivity contribution >= 4 is 17.0 Å². The van der Waals surface area contributed by atoms with Gasteiger partial charge in [-0.3, -0.25) is 4.57 Å². The lowest BCUT2D eigenvalue weighted by molar-refractivity contribution is -0.190. The molecule has 176 valence electrons. The third-order valence-electron chi connectivity index (χ3n) is 7.07. The first kappa shape index (κ1) is 21.3. The highest BCUT2D eigenvalue weighted by Gasteiger charge is 2.56. The summed E-state index contributed by atoms with van der Waals surface area (Å²) >= 11 is 0. The van der Waals surface area contributed by atoms with Crippen LogP contribution in [-0.2, 0) is 14.2 Å². The van der Waals surface area contributed by atoms with Crippen LogP contribution in [0.4, 0.5) is 5.82 Å². The number of aromatic nitrogens is 4. The molecular formula is C24H32N6O3. The fraction of sp³-hybridized carbons (Fsp3) is 0.708. The summed E-state index contributed by atoms with van der Waals surface area (Å²) < 4.78 is 20.9. The minimum absolute atomic E-state index is 0.209. The molecule has 5 heterocycles. The van der Waals surface area contributed by atoms with Crippen molar-refractivity contribution in [2.24, 2.45) is 0 Å². The average Bonchev–Trinajstić information content (AvgIpc) is 3.58. The Bertz CT molecular complexity index is 1060. The average molecular weight is 453 g/mol. The topological polar surface area (TPSA) is 95.3 Å². The van der Waals surface area contributed by atoms with Gasteiger partial charge >= 0.3 is 0 Å². The van der Waals surface area contributed by atoms with Crippen LogP contribution in [0, 0.1) is 11.8 Å². The Morgan fingerprint density at radius 2 is 1.85 bits per heavy atom. The fourth-order valence-electron chi connectivity index (χ4n) is 5.48. The maximum Gasteiger partial charge on any atom is 0.167 e. The number of anilines is 1. The second-order valence-electron chi connectivity index (χ2n) is 9.98. The van der Waals surface area contributed by atoms with Gasteiger partial charge in [0.05, 0.1) is 12.4 Å². The van der Waals surface area contributed by atoms with Gasteiger partial charge in [0, 0.05) is 6.04 Å². The van der Waals surface area contributed by atoms with Crippen molar-refractivity contribution in [3.8, 4) is 11.8 Å². The van der Waals surface area contributed by atoms with Crippen LogP contribution in [0.3, 0.4) is 0 Å². The summed E-state index contributed by atoms with van der Waals surface area (Å²) in [5, 5.41) is 7.04. The van der Waals surface area contributed by atoms with E-state index in [0.29, 0.717) is 6.04 Å². The number of fused-ring (bicyclic) bond motifs is 2. The normalized spacial score (nSPS) is 33.7. The Balaban J connectivity index is 1.29. The number of imidazole rings is 1. The standard InChI is InChI=1S/C24H32N6O3/c1-24(2)32-19-17(11-10-15-7-5-6-12-25-15)31-23(20(19)33-24)30-14-28-18-21(26-13-27-22(18)30)29-16-8-3-4-9-16/h13-17,19-20,23,25H,3-9,12H2,1-2H3,(H,26,27,29)/t15?,17-,19-,20+,23-/m1/s1. The maximum atomic E-state index is 6.43. The molecule has 2 aromatic rings. The monoisotopic (exact) mass is 452 g/mol. The molecular weight excluding hydrogens is 420 g/mol. The lowest BCUT2D eigenvalue weighted by Gasteiger charge is -2.23. The van der Waals surface area contributed by atoms with E-state index in [9.17, 15) is 0 Å². The maximum absolute atomic E-state index is 6.43. The van der Waals surface area contributed by atoms with Crippen molar-refractivity contribution < 1.29 is 14.2 Å². The Morgan fingerprint density at radius 1 is 1.03 bits per heavy atom. The van der Waals surface area contributed by atoms with Crippen LogP contribution in [0.1, 0.15) is 65.0 Å². The smallest absolute Gasteiger partial charge is 0.167 e. The predicted molar refractivity (Wildman–Crippen MR) is 122 cm³/mol. The number of nitrogens with zero attached hydrogens (tertiary/aromatic N) is 4. The number of rotatable bonds is 3. The Hall–Kier alpha value is -2.25. The summed E-state index contributed by atoms with van der Waals surface area (Å²) in [5.41, 5.74) is 1.48. The summed E-state index contributed by atoms with van der Waals surface area (Å²) in [6.07, 6.45) is 10.3. The summed E-state index contributed by atoms with van der Waals surface area (Å²) in [6.45, 7) is 4.89. The Morgan fingerprint density at radius 3 is 2.67 bits per heavy atom. The van der Waals surface area contributed by atoms with Crippen LogP contribution in [0.5, 0.6) is 0 Å². The highest BCUT2D eigenvalue weighted by molar-refractivity contribution is 5.82. The van der Waals surface area contributed by atoms with E-state index in [-0.39, 0.29) is 24.4 Å². The van der Waals surface area contributed by atoms with Crippen LogP contribution < -0.4 is 10.6 Å². The Kier molecular flexibility index (Phi) is 5.49. The van der Waals surface area contributed by atoms with Gasteiger partial charge in [0.15, 0.2) is 29.0 Å². The molecule has 9 heteroatoms. The second kappa shape index (κ2) is 8.51. The minimum atomic E-state index is -0.694. The second-order valence-corrected chi connectivity index (χ2v) is 9.98. The van der Waals surface area contributed by atoms with Crippen molar-refractivity contribution in [1.29, 1.82) is 0 Å². The highest BCUT2D eigenvalue weighted by Crippen LogP contribution is 2.43. The van der Waals surface area contributed by atoms with Crippen LogP contribution >= 0.6 is 0 Å². The van der Waals surface area contributed by atoms with Gasteiger partial charge in [-0.25, -0.2) is 15.0 Å². The summed E-state index contributed by atoms with van der Waals surface area (Å²) in [6, 6.07) is 0.655. The first-order valence-electron chi connectivity index (χ1n) is 12.3. The van der Waals surface area contributed by atoms with E-state index in [0.717, 1.165) is 42.8 Å². The fourth-order valence-corrected chi connectivity index (χ4v) is 5.48. The zero-order chi connectivity index (χ0) is 22.4. The van der Waals surface area contributed by atoms with Gasteiger partial charge in [-0.1, -0.05) is 24.7 Å². The number of hydrogen-bond donors (Lipinski definition) is 2. The number of hydrogen-bond acceptors (Lipinski definition) is 8. The van der Waals surface area contributed by atoms with Crippen LogP contribution in [0.2, 0.25) is 0 Å². The molecule has 4 fully saturated rings. The molecule has 2 N–H and O–H groups in total. The van der Waals surface area contributed by atoms with E-state index in [2.05, 4.69) is 37.4 Å². The van der Waals surface area contributed by atoms with Gasteiger partial charge < -0.3 is 24.8 Å². The van der Waals surface area contributed by atoms with Crippen molar-refractivity contribution in [2.75, 3.05) is 11.9 Å². The van der Waals surface area contributed by atoms with Crippen molar-refractivity contribution in [3.05, 3.63) is 12.7 Å². The van der Waals surface area contributed by atoms with Crippen LogP contribution in [0.25, 0.3) is 11.2 Å². The van der Waals surface area contributed by atoms with Gasteiger partial charge in [-0.15, -0.1) is 0 Å². The molecule has 1 aliphatic carbocycles. The lowest BCUT2D eigenvalue weighted by atomic mass is 10.0. The molecule has 0 amide bonds. The quantitative estimate of drug-likeness (QED) is 0.687. The van der Waals surface area contributed by atoms with E-state index < -0.39 is 12.0 Å². The molecule has 0 spiro atoms. The molecule has 1 saturated carbocycles. The van der Waals surface area contributed by atoms with E-state index in [4.69, 9.17) is 14.2 Å². The molecule has 5 atom stereocenters. The molecule has 3 aliphatic heterocycles. The van der Waals surface area contributed by atoms with E-state index in [1.54, 1.807) is 12.7 Å². The van der Waals surface area contributed by atoms with E-state index in [1.165, 1.54) is 25.7 Å². The number of piperidine rings is 1. The van der Waals surface area contributed by atoms with Gasteiger partial charge in [0.25, 0.3) is 0 Å². The molecule has 9 nitrogen and oxygen atoms in total. The van der Waals surface area contributed by atoms with Gasteiger partial charge in [-0.05, 0) is 52.5 Å². The third-order valence-corrected chi connectivity index (χ3v) is 7.07. The van der Waals surface area contributed by atoms with Crippen molar-refractivity contribution in [3.63, 3.8) is 0 Å². The minimum Gasteiger partial charge on any atom is -0.365 e. The predicted octanol–water partition coefficient (Wildman–Crippen LogP) is 2.74. The highest BCUT2D eigenvalue weighted by atomic mass is 16.8.